The van der Waals surface area contributed by atoms with Crippen molar-refractivity contribution in [1.29, 1.82) is 0 Å². The van der Waals surface area contributed by atoms with E-state index < -0.39 is 8.24 Å². The number of imidazole rings is 1. The Hall–Kier alpha value is -0.573. The predicted octanol–water partition coefficient (Wildman–Crippen LogP) is 3.69. The van der Waals surface area contributed by atoms with E-state index in [9.17, 15) is 0 Å². The highest BCUT2D eigenvalue weighted by atomic mass is 28.3. The molecular formula is C12H24N2Si. The van der Waals surface area contributed by atoms with Gasteiger partial charge in [0, 0.05) is 18.8 Å². The monoisotopic (exact) mass is 224 g/mol. The second-order valence-electron chi connectivity index (χ2n) is 4.25. The van der Waals surface area contributed by atoms with E-state index >= 15 is 0 Å². The third-order valence-electron chi connectivity index (χ3n) is 3.68. The van der Waals surface area contributed by atoms with Crippen molar-refractivity contribution in [2.45, 2.75) is 58.7 Å². The van der Waals surface area contributed by atoms with Crippen LogP contribution in [-0.2, 0) is 6.42 Å². The van der Waals surface area contributed by atoms with Crippen LogP contribution in [0.15, 0.2) is 12.4 Å². The number of aromatic nitrogens is 2. The van der Waals surface area contributed by atoms with Crippen molar-refractivity contribution in [2.24, 2.45) is 0 Å². The summed E-state index contributed by atoms with van der Waals surface area (Å²) in [4.78, 5) is 4.51. The lowest BCUT2D eigenvalue weighted by atomic mass is 10.3. The van der Waals surface area contributed by atoms with E-state index in [0.29, 0.717) is 0 Å². The molecule has 0 bridgehead atoms. The van der Waals surface area contributed by atoms with Gasteiger partial charge in [0.05, 0.1) is 0 Å². The fourth-order valence-electron chi connectivity index (χ4n) is 2.44. The van der Waals surface area contributed by atoms with Crippen molar-refractivity contribution in [3.63, 3.8) is 0 Å². The molecule has 1 aromatic heterocycles. The SMILES string of the molecule is CCCc1nccn1[Si](CC)(CC)CC. The molecule has 0 amide bonds. The molecule has 1 aromatic rings. The Morgan fingerprint density at radius 2 is 1.73 bits per heavy atom. The predicted molar refractivity (Wildman–Crippen MR) is 68.8 cm³/mol. The topological polar surface area (TPSA) is 17.8 Å². The summed E-state index contributed by atoms with van der Waals surface area (Å²) in [7, 11) is -1.27. The largest absolute Gasteiger partial charge is 0.362 e. The molecule has 0 aromatic carbocycles. The molecule has 1 heterocycles. The van der Waals surface area contributed by atoms with E-state index in [4.69, 9.17) is 0 Å². The summed E-state index contributed by atoms with van der Waals surface area (Å²) in [6.07, 6.45) is 6.52. The molecule has 15 heavy (non-hydrogen) atoms. The van der Waals surface area contributed by atoms with Crippen LogP contribution in [0.25, 0.3) is 0 Å². The van der Waals surface area contributed by atoms with E-state index in [1.807, 2.05) is 6.20 Å². The standard InChI is InChI=1S/C12H24N2Si/c1-5-9-12-13-10-11-14(12)15(6-2,7-3)8-4/h10-11H,5-9H2,1-4H3. The van der Waals surface area contributed by atoms with Gasteiger partial charge in [-0.3, -0.25) is 0 Å². The van der Waals surface area contributed by atoms with Gasteiger partial charge in [-0.25, -0.2) is 4.98 Å². The van der Waals surface area contributed by atoms with Gasteiger partial charge in [0.25, 0.3) is 0 Å². The zero-order chi connectivity index (χ0) is 11.3. The first-order chi connectivity index (χ1) is 7.24. The molecule has 0 saturated heterocycles. The molecule has 0 radical (unpaired) electrons. The summed E-state index contributed by atoms with van der Waals surface area (Å²) in [5.41, 5.74) is 0. The zero-order valence-electron chi connectivity index (χ0n) is 10.6. The number of nitrogens with zero attached hydrogens (tertiary/aromatic N) is 2. The van der Waals surface area contributed by atoms with Gasteiger partial charge in [-0.2, -0.15) is 0 Å². The Labute approximate surface area is 94.8 Å². The van der Waals surface area contributed by atoms with Gasteiger partial charge < -0.3 is 4.23 Å². The minimum Gasteiger partial charge on any atom is -0.362 e. The maximum absolute atomic E-state index is 4.51. The molecule has 0 atom stereocenters. The second kappa shape index (κ2) is 5.49. The van der Waals surface area contributed by atoms with Crippen LogP contribution < -0.4 is 0 Å². The molecule has 0 aliphatic rings. The van der Waals surface area contributed by atoms with Crippen molar-refractivity contribution < 1.29 is 0 Å². The van der Waals surface area contributed by atoms with Crippen LogP contribution in [0.1, 0.15) is 39.9 Å². The molecular weight excluding hydrogens is 200 g/mol. The molecule has 86 valence electrons. The first-order valence-electron chi connectivity index (χ1n) is 6.26. The van der Waals surface area contributed by atoms with Gasteiger partial charge in [0.1, 0.15) is 5.82 Å². The lowest BCUT2D eigenvalue weighted by Crippen LogP contribution is -2.41. The lowest BCUT2D eigenvalue weighted by Gasteiger charge is -2.31. The fraction of sp³-hybridized carbons (Fsp3) is 0.750. The van der Waals surface area contributed by atoms with Crippen molar-refractivity contribution >= 4 is 8.24 Å². The van der Waals surface area contributed by atoms with Gasteiger partial charge in [-0.05, 0) is 24.6 Å². The quantitative estimate of drug-likeness (QED) is 0.674. The highest BCUT2D eigenvalue weighted by Crippen LogP contribution is 2.24. The minimum absolute atomic E-state index is 1.13. The first kappa shape index (κ1) is 12.5. The summed E-state index contributed by atoms with van der Waals surface area (Å²) in [5.74, 6) is 1.31. The van der Waals surface area contributed by atoms with Gasteiger partial charge in [-0.15, -0.1) is 0 Å². The average molecular weight is 224 g/mol. The number of rotatable bonds is 6. The Bertz CT molecular complexity index is 281. The van der Waals surface area contributed by atoms with E-state index in [1.54, 1.807) is 0 Å². The molecule has 0 N–H and O–H groups in total. The summed E-state index contributed by atoms with van der Waals surface area (Å²) in [6.45, 7) is 9.25. The number of hydrogen-bond donors (Lipinski definition) is 0. The van der Waals surface area contributed by atoms with Crippen LogP contribution in [0.4, 0.5) is 0 Å². The summed E-state index contributed by atoms with van der Waals surface area (Å²) in [6, 6.07) is 3.98. The van der Waals surface area contributed by atoms with Crippen LogP contribution in [0.5, 0.6) is 0 Å². The van der Waals surface area contributed by atoms with E-state index in [1.165, 1.54) is 30.4 Å². The Kier molecular flexibility index (Phi) is 4.58. The first-order valence-corrected chi connectivity index (χ1v) is 8.83. The van der Waals surface area contributed by atoms with E-state index in [0.717, 1.165) is 6.42 Å². The smallest absolute Gasteiger partial charge is 0.162 e. The fourth-order valence-corrected chi connectivity index (χ4v) is 6.06. The molecule has 2 nitrogen and oxygen atoms in total. The summed E-state index contributed by atoms with van der Waals surface area (Å²) in [5, 5.41) is 0. The van der Waals surface area contributed by atoms with Crippen LogP contribution in [0.3, 0.4) is 0 Å². The summed E-state index contributed by atoms with van der Waals surface area (Å²) >= 11 is 0. The van der Waals surface area contributed by atoms with Gasteiger partial charge in [0.2, 0.25) is 0 Å². The minimum atomic E-state index is -1.27. The molecule has 0 spiro atoms. The molecule has 0 unspecified atom stereocenters. The van der Waals surface area contributed by atoms with Gasteiger partial charge in [-0.1, -0.05) is 27.7 Å². The van der Waals surface area contributed by atoms with Crippen molar-refractivity contribution in [1.82, 2.24) is 9.22 Å². The summed E-state index contributed by atoms with van der Waals surface area (Å²) < 4.78 is 2.55. The average Bonchev–Trinajstić information content (AvgIpc) is 2.71. The Morgan fingerprint density at radius 1 is 1.13 bits per heavy atom. The van der Waals surface area contributed by atoms with Crippen molar-refractivity contribution in [3.8, 4) is 0 Å². The third-order valence-corrected chi connectivity index (χ3v) is 9.05. The van der Waals surface area contributed by atoms with Gasteiger partial charge >= 0.3 is 0 Å². The highest BCUT2D eigenvalue weighted by molar-refractivity contribution is 6.78. The molecule has 0 fully saturated rings. The van der Waals surface area contributed by atoms with Crippen LogP contribution >= 0.6 is 0 Å². The van der Waals surface area contributed by atoms with Crippen LogP contribution in [0, 0.1) is 0 Å². The van der Waals surface area contributed by atoms with E-state index in [-0.39, 0.29) is 0 Å². The lowest BCUT2D eigenvalue weighted by molar-refractivity contribution is 0.813. The van der Waals surface area contributed by atoms with Crippen molar-refractivity contribution in [3.05, 3.63) is 18.2 Å². The molecule has 0 saturated carbocycles. The van der Waals surface area contributed by atoms with Gasteiger partial charge in [0.15, 0.2) is 8.24 Å². The second-order valence-corrected chi connectivity index (χ2v) is 9.30. The Balaban J connectivity index is 3.04. The van der Waals surface area contributed by atoms with E-state index in [2.05, 4.69) is 43.1 Å². The van der Waals surface area contributed by atoms with Crippen molar-refractivity contribution in [2.75, 3.05) is 0 Å². The Morgan fingerprint density at radius 3 is 2.20 bits per heavy atom. The number of aryl methyl sites for hydroxylation is 1. The normalized spacial score (nSPS) is 12.0. The highest BCUT2D eigenvalue weighted by Gasteiger charge is 2.30. The maximum Gasteiger partial charge on any atom is 0.162 e. The van der Waals surface area contributed by atoms with Crippen LogP contribution in [-0.4, -0.2) is 17.5 Å². The molecule has 1 rings (SSSR count). The molecule has 0 aliphatic heterocycles. The zero-order valence-corrected chi connectivity index (χ0v) is 11.6. The molecule has 0 aliphatic carbocycles. The van der Waals surface area contributed by atoms with Crippen LogP contribution in [0.2, 0.25) is 18.1 Å². The molecule has 3 heteroatoms. The number of hydrogen-bond acceptors (Lipinski definition) is 1. The maximum atomic E-state index is 4.51. The third kappa shape index (κ3) is 2.33.